The van der Waals surface area contributed by atoms with E-state index in [-0.39, 0.29) is 0 Å². The molecule has 0 amide bonds. The molecule has 1 aromatic heterocycles. The molecule has 2 aromatic rings. The lowest BCUT2D eigenvalue weighted by Crippen LogP contribution is -1.80. The standard InChI is InChI=1S/C14H10N/c1-12-9-14(11-15-10-12)8-7-13-5-3-2-4-6-13/h2-6,9-11H,1H2. The molecule has 0 atom stereocenters. The smallest absolute Gasteiger partial charge is 0.0435 e. The summed E-state index contributed by atoms with van der Waals surface area (Å²) in [5.74, 6) is 6.12. The third-order valence-electron chi connectivity index (χ3n) is 1.92. The van der Waals surface area contributed by atoms with Crippen molar-refractivity contribution in [2.45, 2.75) is 0 Å². The van der Waals surface area contributed by atoms with Crippen molar-refractivity contribution >= 4 is 0 Å². The van der Waals surface area contributed by atoms with Crippen molar-refractivity contribution in [3.8, 4) is 11.8 Å². The Morgan fingerprint density at radius 3 is 2.40 bits per heavy atom. The quantitative estimate of drug-likeness (QED) is 0.585. The number of aromatic nitrogens is 1. The van der Waals surface area contributed by atoms with Crippen molar-refractivity contribution < 1.29 is 0 Å². The Labute approximate surface area is 89.8 Å². The van der Waals surface area contributed by atoms with Crippen LogP contribution < -0.4 is 0 Å². The Balaban J connectivity index is 2.26. The number of benzene rings is 1. The molecule has 2 rings (SSSR count). The summed E-state index contributed by atoms with van der Waals surface area (Å²) in [6, 6.07) is 11.8. The molecule has 1 nitrogen and oxygen atoms in total. The van der Waals surface area contributed by atoms with Crippen molar-refractivity contribution in [2.75, 3.05) is 0 Å². The van der Waals surface area contributed by atoms with Gasteiger partial charge in [0.1, 0.15) is 0 Å². The fourth-order valence-corrected chi connectivity index (χ4v) is 1.22. The zero-order chi connectivity index (χ0) is 10.5. The first-order valence-electron chi connectivity index (χ1n) is 4.69. The highest BCUT2D eigenvalue weighted by Crippen LogP contribution is 2.00. The summed E-state index contributed by atoms with van der Waals surface area (Å²) in [7, 11) is 0. The fourth-order valence-electron chi connectivity index (χ4n) is 1.22. The zero-order valence-corrected chi connectivity index (χ0v) is 8.27. The van der Waals surface area contributed by atoms with Crippen molar-refractivity contribution in [1.29, 1.82) is 0 Å². The Morgan fingerprint density at radius 1 is 0.933 bits per heavy atom. The lowest BCUT2D eigenvalue weighted by molar-refractivity contribution is 1.29. The number of rotatable bonds is 0. The Hall–Kier alpha value is -2.07. The summed E-state index contributed by atoms with van der Waals surface area (Å²) < 4.78 is 0. The van der Waals surface area contributed by atoms with Gasteiger partial charge in [0.2, 0.25) is 0 Å². The molecule has 1 aromatic carbocycles. The Morgan fingerprint density at radius 2 is 1.67 bits per heavy atom. The van der Waals surface area contributed by atoms with E-state index in [4.69, 9.17) is 0 Å². The average Bonchev–Trinajstić information content (AvgIpc) is 2.28. The van der Waals surface area contributed by atoms with Crippen LogP contribution >= 0.6 is 0 Å². The van der Waals surface area contributed by atoms with Crippen LogP contribution in [0.1, 0.15) is 16.7 Å². The predicted octanol–water partition coefficient (Wildman–Crippen LogP) is 2.66. The van der Waals surface area contributed by atoms with Crippen LogP contribution in [0.25, 0.3) is 0 Å². The van der Waals surface area contributed by atoms with Gasteiger partial charge in [-0.2, -0.15) is 0 Å². The Bertz CT molecular complexity index is 504. The SMILES string of the molecule is [CH2]c1cncc(C#Cc2ccccc2)c1. The van der Waals surface area contributed by atoms with Crippen LogP contribution in [0.4, 0.5) is 0 Å². The maximum Gasteiger partial charge on any atom is 0.0435 e. The first-order valence-corrected chi connectivity index (χ1v) is 4.69. The predicted molar refractivity (Wildman–Crippen MR) is 61.1 cm³/mol. The minimum Gasteiger partial charge on any atom is -0.263 e. The van der Waals surface area contributed by atoms with E-state index in [1.807, 2.05) is 36.4 Å². The summed E-state index contributed by atoms with van der Waals surface area (Å²) in [6.07, 6.45) is 3.46. The minimum absolute atomic E-state index is 0.884. The van der Waals surface area contributed by atoms with Gasteiger partial charge >= 0.3 is 0 Å². The molecule has 1 heterocycles. The van der Waals surface area contributed by atoms with Crippen molar-refractivity contribution in [3.05, 3.63) is 72.4 Å². The molecular weight excluding hydrogens is 182 g/mol. The van der Waals surface area contributed by atoms with Gasteiger partial charge < -0.3 is 0 Å². The Kier molecular flexibility index (Phi) is 2.80. The van der Waals surface area contributed by atoms with Crippen molar-refractivity contribution in [2.24, 2.45) is 0 Å². The van der Waals surface area contributed by atoms with Crippen LogP contribution in [0.15, 0.2) is 48.8 Å². The van der Waals surface area contributed by atoms with Gasteiger partial charge in [0.05, 0.1) is 0 Å². The minimum atomic E-state index is 0.884. The van der Waals surface area contributed by atoms with Gasteiger partial charge in [0.25, 0.3) is 0 Å². The summed E-state index contributed by atoms with van der Waals surface area (Å²) >= 11 is 0. The summed E-state index contributed by atoms with van der Waals surface area (Å²) in [6.45, 7) is 3.81. The molecule has 0 unspecified atom stereocenters. The van der Waals surface area contributed by atoms with Crippen LogP contribution in [0.5, 0.6) is 0 Å². The number of hydrogen-bond donors (Lipinski definition) is 0. The zero-order valence-electron chi connectivity index (χ0n) is 8.27. The highest BCUT2D eigenvalue weighted by molar-refractivity contribution is 5.42. The molecule has 0 spiro atoms. The summed E-state index contributed by atoms with van der Waals surface area (Å²) in [5, 5.41) is 0. The van der Waals surface area contributed by atoms with Gasteiger partial charge in [-0.15, -0.1) is 0 Å². The lowest BCUT2D eigenvalue weighted by atomic mass is 10.2. The highest BCUT2D eigenvalue weighted by Gasteiger charge is 1.88. The van der Waals surface area contributed by atoms with Crippen LogP contribution in [-0.4, -0.2) is 4.98 Å². The van der Waals surface area contributed by atoms with E-state index in [2.05, 4.69) is 23.7 Å². The molecule has 0 aliphatic heterocycles. The number of hydrogen-bond acceptors (Lipinski definition) is 1. The van der Waals surface area contributed by atoms with Crippen molar-refractivity contribution in [3.63, 3.8) is 0 Å². The van der Waals surface area contributed by atoms with Gasteiger partial charge in [-0.3, -0.25) is 4.98 Å². The molecule has 0 aliphatic carbocycles. The first kappa shape index (κ1) is 9.48. The van der Waals surface area contributed by atoms with E-state index in [1.54, 1.807) is 12.4 Å². The first-order chi connectivity index (χ1) is 7.34. The maximum absolute atomic E-state index is 4.03. The summed E-state index contributed by atoms with van der Waals surface area (Å²) in [5.41, 5.74) is 2.79. The normalized spacial score (nSPS) is 9.13. The molecule has 1 radical (unpaired) electrons. The lowest BCUT2D eigenvalue weighted by Gasteiger charge is -1.91. The fraction of sp³-hybridized carbons (Fsp3) is 0. The molecule has 71 valence electrons. The average molecular weight is 192 g/mol. The largest absolute Gasteiger partial charge is 0.263 e. The second-order valence-corrected chi connectivity index (χ2v) is 3.20. The second-order valence-electron chi connectivity index (χ2n) is 3.20. The number of nitrogens with zero attached hydrogens (tertiary/aromatic N) is 1. The van der Waals surface area contributed by atoms with Gasteiger partial charge in [0.15, 0.2) is 0 Å². The third kappa shape index (κ3) is 2.69. The molecule has 0 fully saturated rings. The molecule has 0 aliphatic rings. The van der Waals surface area contributed by atoms with Gasteiger partial charge in [-0.25, -0.2) is 0 Å². The second kappa shape index (κ2) is 4.43. The highest BCUT2D eigenvalue weighted by atomic mass is 14.6. The van der Waals surface area contributed by atoms with Gasteiger partial charge in [-0.05, 0) is 30.7 Å². The topological polar surface area (TPSA) is 12.9 Å². The molecule has 0 saturated carbocycles. The third-order valence-corrected chi connectivity index (χ3v) is 1.92. The van der Waals surface area contributed by atoms with Crippen LogP contribution in [0, 0.1) is 18.8 Å². The van der Waals surface area contributed by atoms with Gasteiger partial charge in [-0.1, -0.05) is 30.0 Å². The molecular formula is C14H10N. The molecule has 0 N–H and O–H groups in total. The summed E-state index contributed by atoms with van der Waals surface area (Å²) in [4.78, 5) is 4.03. The monoisotopic (exact) mass is 192 g/mol. The van der Waals surface area contributed by atoms with Gasteiger partial charge in [0, 0.05) is 23.5 Å². The van der Waals surface area contributed by atoms with Crippen LogP contribution in [0.2, 0.25) is 0 Å². The molecule has 1 heteroatoms. The molecule has 0 saturated heterocycles. The molecule has 0 bridgehead atoms. The van der Waals surface area contributed by atoms with Crippen LogP contribution in [-0.2, 0) is 0 Å². The van der Waals surface area contributed by atoms with Crippen molar-refractivity contribution in [1.82, 2.24) is 4.98 Å². The van der Waals surface area contributed by atoms with Crippen LogP contribution in [0.3, 0.4) is 0 Å². The van der Waals surface area contributed by atoms with E-state index >= 15 is 0 Å². The molecule has 15 heavy (non-hydrogen) atoms. The maximum atomic E-state index is 4.03. The number of pyridine rings is 1. The van der Waals surface area contributed by atoms with E-state index in [0.29, 0.717) is 0 Å². The van der Waals surface area contributed by atoms with E-state index in [9.17, 15) is 0 Å². The van der Waals surface area contributed by atoms with E-state index in [0.717, 1.165) is 16.7 Å². The van der Waals surface area contributed by atoms with E-state index < -0.39 is 0 Å². The van der Waals surface area contributed by atoms with E-state index in [1.165, 1.54) is 0 Å².